The first-order valence-electron chi connectivity index (χ1n) is 8.44. The van der Waals surface area contributed by atoms with E-state index in [1.165, 1.54) is 19.2 Å². The van der Waals surface area contributed by atoms with Crippen LogP contribution in [0.5, 0.6) is 0 Å². The lowest BCUT2D eigenvalue weighted by atomic mass is 10.2. The quantitative estimate of drug-likeness (QED) is 0.681. The van der Waals surface area contributed by atoms with Crippen LogP contribution in [0.1, 0.15) is 23.0 Å². The highest BCUT2D eigenvalue weighted by molar-refractivity contribution is 5.97. The van der Waals surface area contributed by atoms with Crippen LogP contribution >= 0.6 is 0 Å². The van der Waals surface area contributed by atoms with Gasteiger partial charge >= 0.3 is 5.97 Å². The number of carbonyl (C=O) groups excluding carboxylic acids is 2. The molecule has 0 aliphatic heterocycles. The summed E-state index contributed by atoms with van der Waals surface area (Å²) in [6, 6.07) is 12.4. The molecule has 0 fully saturated rings. The van der Waals surface area contributed by atoms with Crippen LogP contribution in [-0.2, 0) is 9.53 Å². The Kier molecular flexibility index (Phi) is 5.49. The molecule has 1 heterocycles. The van der Waals surface area contributed by atoms with Crippen molar-refractivity contribution in [3.05, 3.63) is 77.6 Å². The molecule has 0 saturated heterocycles. The number of carbonyl (C=O) groups is 2. The minimum absolute atomic E-state index is 0.181. The molecule has 2 aromatic carbocycles. The summed E-state index contributed by atoms with van der Waals surface area (Å²) in [6.07, 6.45) is 0.0669. The second-order valence-electron chi connectivity index (χ2n) is 6.02. The molecule has 0 bridgehead atoms. The van der Waals surface area contributed by atoms with E-state index in [9.17, 15) is 18.4 Å². The maximum absolute atomic E-state index is 13.6. The van der Waals surface area contributed by atoms with Crippen molar-refractivity contribution in [1.29, 1.82) is 0 Å². The van der Waals surface area contributed by atoms with Gasteiger partial charge in [-0.05, 0) is 38.1 Å². The summed E-state index contributed by atoms with van der Waals surface area (Å²) in [4.78, 5) is 24.6. The number of amides is 1. The number of hydrogen-bond acceptors (Lipinski definition) is 4. The van der Waals surface area contributed by atoms with E-state index < -0.39 is 35.3 Å². The summed E-state index contributed by atoms with van der Waals surface area (Å²) >= 11 is 0. The molecular weight excluding hydrogens is 368 g/mol. The van der Waals surface area contributed by atoms with Crippen LogP contribution in [0.4, 0.5) is 14.5 Å². The zero-order valence-electron chi connectivity index (χ0n) is 15.1. The summed E-state index contributed by atoms with van der Waals surface area (Å²) in [7, 11) is 0. The standard InChI is InChI=1S/C20H17F2N3O3/c1-12-15(11-23-25(12)14-7-4-3-5-8-14)20(27)28-13(2)19(26)24-18-16(21)9-6-10-17(18)22/h3-11,13H,1-2H3,(H,24,26). The number of esters is 1. The molecule has 0 spiro atoms. The number of aromatic nitrogens is 2. The topological polar surface area (TPSA) is 73.2 Å². The first-order chi connectivity index (χ1) is 13.4. The molecule has 6 nitrogen and oxygen atoms in total. The Hall–Kier alpha value is -3.55. The zero-order chi connectivity index (χ0) is 20.3. The molecule has 0 aliphatic carbocycles. The summed E-state index contributed by atoms with van der Waals surface area (Å²) in [5, 5.41) is 6.26. The van der Waals surface area contributed by atoms with Gasteiger partial charge in [0.1, 0.15) is 22.9 Å². The zero-order valence-corrected chi connectivity index (χ0v) is 15.1. The predicted molar refractivity (Wildman–Crippen MR) is 98.2 cm³/mol. The molecule has 0 saturated carbocycles. The van der Waals surface area contributed by atoms with Crippen molar-refractivity contribution >= 4 is 17.6 Å². The Morgan fingerprint density at radius 2 is 1.71 bits per heavy atom. The van der Waals surface area contributed by atoms with Gasteiger partial charge in [0, 0.05) is 0 Å². The van der Waals surface area contributed by atoms with Gasteiger partial charge in [-0.2, -0.15) is 5.10 Å². The molecule has 1 aromatic heterocycles. The number of rotatable bonds is 5. The van der Waals surface area contributed by atoms with Crippen LogP contribution in [0.2, 0.25) is 0 Å². The number of anilines is 1. The Morgan fingerprint density at radius 1 is 1.07 bits per heavy atom. The average Bonchev–Trinajstić information content (AvgIpc) is 3.06. The second kappa shape index (κ2) is 7.99. The predicted octanol–water partition coefficient (Wildman–Crippen LogP) is 3.64. The molecule has 3 rings (SSSR count). The lowest BCUT2D eigenvalue weighted by molar-refractivity contribution is -0.123. The van der Waals surface area contributed by atoms with Gasteiger partial charge < -0.3 is 10.1 Å². The van der Waals surface area contributed by atoms with Gasteiger partial charge in [0.25, 0.3) is 5.91 Å². The van der Waals surface area contributed by atoms with E-state index in [-0.39, 0.29) is 5.56 Å². The monoisotopic (exact) mass is 385 g/mol. The van der Waals surface area contributed by atoms with E-state index in [1.54, 1.807) is 11.6 Å². The normalized spacial score (nSPS) is 11.7. The van der Waals surface area contributed by atoms with Gasteiger partial charge in [-0.1, -0.05) is 24.3 Å². The first kappa shape index (κ1) is 19.2. The van der Waals surface area contributed by atoms with Crippen molar-refractivity contribution < 1.29 is 23.1 Å². The smallest absolute Gasteiger partial charge is 0.342 e. The van der Waals surface area contributed by atoms with Crippen molar-refractivity contribution in [3.63, 3.8) is 0 Å². The highest BCUT2D eigenvalue weighted by Gasteiger charge is 2.24. The summed E-state index contributed by atoms with van der Waals surface area (Å²) in [6.45, 7) is 3.00. The molecule has 1 N–H and O–H groups in total. The lowest BCUT2D eigenvalue weighted by Crippen LogP contribution is -2.30. The number of hydrogen-bond donors (Lipinski definition) is 1. The van der Waals surface area contributed by atoms with Crippen LogP contribution in [0.3, 0.4) is 0 Å². The van der Waals surface area contributed by atoms with E-state index in [0.717, 1.165) is 17.8 Å². The highest BCUT2D eigenvalue weighted by Crippen LogP contribution is 2.19. The molecular formula is C20H17F2N3O3. The number of nitrogens with zero attached hydrogens (tertiary/aromatic N) is 2. The molecule has 1 amide bonds. The SMILES string of the molecule is Cc1c(C(=O)OC(C)C(=O)Nc2c(F)cccc2F)cnn1-c1ccccc1. The van der Waals surface area contributed by atoms with Crippen molar-refractivity contribution in [2.75, 3.05) is 5.32 Å². The molecule has 3 aromatic rings. The Bertz CT molecular complexity index is 999. The van der Waals surface area contributed by atoms with Crippen LogP contribution < -0.4 is 5.32 Å². The van der Waals surface area contributed by atoms with Crippen LogP contribution in [-0.4, -0.2) is 27.8 Å². The lowest BCUT2D eigenvalue weighted by Gasteiger charge is -2.14. The van der Waals surface area contributed by atoms with Gasteiger partial charge in [-0.15, -0.1) is 0 Å². The summed E-state index contributed by atoms with van der Waals surface area (Å²) in [5.41, 5.74) is 0.882. The molecule has 8 heteroatoms. The summed E-state index contributed by atoms with van der Waals surface area (Å²) in [5.74, 6) is -3.47. The molecule has 0 radical (unpaired) electrons. The van der Waals surface area contributed by atoms with Gasteiger partial charge in [0.05, 0.1) is 17.6 Å². The Balaban J connectivity index is 1.71. The number of ether oxygens (including phenoxy) is 1. The molecule has 1 atom stereocenters. The van der Waals surface area contributed by atoms with E-state index >= 15 is 0 Å². The van der Waals surface area contributed by atoms with Crippen molar-refractivity contribution in [3.8, 4) is 5.69 Å². The van der Waals surface area contributed by atoms with Gasteiger partial charge in [0.2, 0.25) is 0 Å². The van der Waals surface area contributed by atoms with Crippen molar-refractivity contribution in [2.45, 2.75) is 20.0 Å². The molecule has 28 heavy (non-hydrogen) atoms. The second-order valence-corrected chi connectivity index (χ2v) is 6.02. The van der Waals surface area contributed by atoms with Gasteiger partial charge in [-0.25, -0.2) is 18.3 Å². The fourth-order valence-corrected chi connectivity index (χ4v) is 2.56. The maximum Gasteiger partial charge on any atom is 0.342 e. The minimum atomic E-state index is -1.27. The minimum Gasteiger partial charge on any atom is -0.449 e. The third-order valence-corrected chi connectivity index (χ3v) is 4.09. The largest absolute Gasteiger partial charge is 0.449 e. The van der Waals surface area contributed by atoms with E-state index in [1.807, 2.05) is 30.3 Å². The number of halogens is 2. The average molecular weight is 385 g/mol. The van der Waals surface area contributed by atoms with E-state index in [0.29, 0.717) is 5.69 Å². The fourth-order valence-electron chi connectivity index (χ4n) is 2.56. The number of nitrogens with one attached hydrogen (secondary N) is 1. The fraction of sp³-hybridized carbons (Fsp3) is 0.150. The Labute approximate surface area is 159 Å². The Morgan fingerprint density at radius 3 is 2.36 bits per heavy atom. The number of benzene rings is 2. The van der Waals surface area contributed by atoms with E-state index in [2.05, 4.69) is 10.4 Å². The van der Waals surface area contributed by atoms with Gasteiger partial charge in [0.15, 0.2) is 6.10 Å². The molecule has 1 unspecified atom stereocenters. The molecule has 144 valence electrons. The number of para-hydroxylation sites is 2. The first-order valence-corrected chi connectivity index (χ1v) is 8.44. The van der Waals surface area contributed by atoms with Crippen molar-refractivity contribution in [1.82, 2.24) is 9.78 Å². The third-order valence-electron chi connectivity index (χ3n) is 4.09. The maximum atomic E-state index is 13.6. The summed E-state index contributed by atoms with van der Waals surface area (Å²) < 4.78 is 34.0. The third kappa shape index (κ3) is 3.90. The van der Waals surface area contributed by atoms with Crippen LogP contribution in [0.25, 0.3) is 5.69 Å². The van der Waals surface area contributed by atoms with Crippen LogP contribution in [0, 0.1) is 18.6 Å². The van der Waals surface area contributed by atoms with E-state index in [4.69, 9.17) is 4.74 Å². The van der Waals surface area contributed by atoms with Gasteiger partial charge in [-0.3, -0.25) is 4.79 Å². The highest BCUT2D eigenvalue weighted by atomic mass is 19.1. The van der Waals surface area contributed by atoms with Crippen molar-refractivity contribution in [2.24, 2.45) is 0 Å². The van der Waals surface area contributed by atoms with Crippen LogP contribution in [0.15, 0.2) is 54.7 Å². The molecule has 0 aliphatic rings.